The van der Waals surface area contributed by atoms with Crippen LogP contribution in [0, 0.1) is 6.92 Å². The first-order chi connectivity index (χ1) is 16.6. The molecule has 0 saturated heterocycles. The van der Waals surface area contributed by atoms with Gasteiger partial charge in [0, 0.05) is 11.8 Å². The number of fused-ring (bicyclic) bond motifs is 1. The second kappa shape index (κ2) is 9.24. The minimum Gasteiger partial charge on any atom is -0.494 e. The van der Waals surface area contributed by atoms with Gasteiger partial charge in [0.05, 0.1) is 29.1 Å². The lowest BCUT2D eigenvalue weighted by Gasteiger charge is -2.19. The molecule has 7 nitrogen and oxygen atoms in total. The number of para-hydroxylation sites is 1. The predicted octanol–water partition coefficient (Wildman–Crippen LogP) is 6.16. The molecule has 9 heteroatoms. The SMILES string of the molecule is COc1cccc2sc(N(Cc3ccccn3)C(=O)c3c(-c4ccccc4Cl)noc3C)nc12. The number of amides is 1. The Labute approximate surface area is 204 Å². The summed E-state index contributed by atoms with van der Waals surface area (Å²) in [7, 11) is 1.60. The smallest absolute Gasteiger partial charge is 0.266 e. The fourth-order valence-corrected chi connectivity index (χ4v) is 4.87. The van der Waals surface area contributed by atoms with E-state index in [9.17, 15) is 4.79 Å². The molecular formula is C25H19ClN4O3S. The summed E-state index contributed by atoms with van der Waals surface area (Å²) < 4.78 is 11.8. The first-order valence-electron chi connectivity index (χ1n) is 10.4. The number of hydrogen-bond donors (Lipinski definition) is 0. The van der Waals surface area contributed by atoms with Gasteiger partial charge in [-0.1, -0.05) is 58.4 Å². The Balaban J connectivity index is 1.65. The van der Waals surface area contributed by atoms with Crippen molar-refractivity contribution in [3.63, 3.8) is 0 Å². The van der Waals surface area contributed by atoms with Crippen molar-refractivity contribution in [1.82, 2.24) is 15.1 Å². The normalized spacial score (nSPS) is 11.0. The summed E-state index contributed by atoms with van der Waals surface area (Å²) in [6.45, 7) is 1.93. The number of pyridine rings is 1. The first kappa shape index (κ1) is 22.1. The minimum absolute atomic E-state index is 0.217. The number of nitrogens with zero attached hydrogens (tertiary/aromatic N) is 4. The highest BCUT2D eigenvalue weighted by molar-refractivity contribution is 7.22. The number of benzene rings is 2. The number of ether oxygens (including phenoxy) is 1. The minimum atomic E-state index is -0.308. The molecule has 2 aromatic carbocycles. The molecule has 0 saturated carbocycles. The molecule has 0 unspecified atom stereocenters. The Morgan fingerprint density at radius 2 is 1.94 bits per heavy atom. The van der Waals surface area contributed by atoms with Crippen LogP contribution in [0.15, 0.2) is 71.4 Å². The molecule has 0 spiro atoms. The standard InChI is InChI=1S/C25H19ClN4O3S/c1-15-21(22(29-33-15)17-9-3-4-10-18(17)26)24(31)30(14-16-8-5-6-13-27-16)25-28-23-19(32-2)11-7-12-20(23)34-25/h3-13H,14H2,1-2H3. The molecule has 0 bridgehead atoms. The van der Waals surface area contributed by atoms with Gasteiger partial charge in [-0.05, 0) is 37.3 Å². The number of carbonyl (C=O) groups is 1. The molecule has 3 aromatic heterocycles. The van der Waals surface area contributed by atoms with E-state index in [0.29, 0.717) is 44.0 Å². The average molecular weight is 491 g/mol. The molecule has 5 aromatic rings. The molecule has 0 radical (unpaired) electrons. The van der Waals surface area contributed by atoms with Crippen molar-refractivity contribution in [3.05, 3.63) is 88.9 Å². The van der Waals surface area contributed by atoms with Crippen LogP contribution in [0.1, 0.15) is 21.8 Å². The van der Waals surface area contributed by atoms with Gasteiger partial charge in [-0.2, -0.15) is 0 Å². The Morgan fingerprint density at radius 1 is 1.12 bits per heavy atom. The van der Waals surface area contributed by atoms with Gasteiger partial charge < -0.3 is 9.26 Å². The summed E-state index contributed by atoms with van der Waals surface area (Å²) in [5, 5.41) is 5.15. The largest absolute Gasteiger partial charge is 0.494 e. The summed E-state index contributed by atoms with van der Waals surface area (Å²) >= 11 is 7.82. The van der Waals surface area contributed by atoms with Crippen LogP contribution in [0.4, 0.5) is 5.13 Å². The van der Waals surface area contributed by atoms with Gasteiger partial charge in [-0.15, -0.1) is 0 Å². The number of anilines is 1. The van der Waals surface area contributed by atoms with Gasteiger partial charge in [-0.25, -0.2) is 4.98 Å². The monoisotopic (exact) mass is 490 g/mol. The number of methoxy groups -OCH3 is 1. The van der Waals surface area contributed by atoms with E-state index in [0.717, 1.165) is 10.4 Å². The molecule has 0 aliphatic heterocycles. The Morgan fingerprint density at radius 3 is 2.71 bits per heavy atom. The third-order valence-electron chi connectivity index (χ3n) is 5.32. The van der Waals surface area contributed by atoms with E-state index in [2.05, 4.69) is 10.1 Å². The number of aryl methyl sites for hydroxylation is 1. The number of halogens is 1. The molecule has 1 amide bonds. The van der Waals surface area contributed by atoms with Gasteiger partial charge in [0.15, 0.2) is 5.13 Å². The van der Waals surface area contributed by atoms with Crippen molar-refractivity contribution in [2.24, 2.45) is 0 Å². The Hall–Kier alpha value is -3.75. The summed E-state index contributed by atoms with van der Waals surface area (Å²) in [6.07, 6.45) is 1.69. The van der Waals surface area contributed by atoms with Gasteiger partial charge in [0.1, 0.15) is 28.3 Å². The van der Waals surface area contributed by atoms with Crippen LogP contribution in [0.2, 0.25) is 5.02 Å². The highest BCUT2D eigenvalue weighted by atomic mass is 35.5. The van der Waals surface area contributed by atoms with E-state index in [4.69, 9.17) is 25.8 Å². The van der Waals surface area contributed by atoms with E-state index in [1.54, 1.807) is 31.2 Å². The number of carbonyl (C=O) groups excluding carboxylic acids is 1. The van der Waals surface area contributed by atoms with E-state index < -0.39 is 0 Å². The van der Waals surface area contributed by atoms with Gasteiger partial charge >= 0.3 is 0 Å². The summed E-state index contributed by atoms with van der Waals surface area (Å²) in [4.78, 5) is 24.8. The Bertz CT molecular complexity index is 1480. The van der Waals surface area contributed by atoms with Crippen molar-refractivity contribution >= 4 is 44.2 Å². The molecular weight excluding hydrogens is 472 g/mol. The van der Waals surface area contributed by atoms with Gasteiger partial charge in [-0.3, -0.25) is 14.7 Å². The second-order valence-electron chi connectivity index (χ2n) is 7.46. The van der Waals surface area contributed by atoms with Crippen LogP contribution in [-0.4, -0.2) is 28.1 Å². The van der Waals surface area contributed by atoms with Crippen LogP contribution >= 0.6 is 22.9 Å². The molecule has 34 heavy (non-hydrogen) atoms. The maximum Gasteiger partial charge on any atom is 0.266 e. The summed E-state index contributed by atoms with van der Waals surface area (Å²) in [6, 6.07) is 18.5. The van der Waals surface area contributed by atoms with Crippen molar-refractivity contribution in [1.29, 1.82) is 0 Å². The maximum atomic E-state index is 14.1. The van der Waals surface area contributed by atoms with Crippen LogP contribution in [-0.2, 0) is 6.54 Å². The lowest BCUT2D eigenvalue weighted by atomic mass is 10.0. The van der Waals surface area contributed by atoms with E-state index in [1.807, 2.05) is 54.6 Å². The molecule has 170 valence electrons. The number of rotatable bonds is 6. The van der Waals surface area contributed by atoms with E-state index in [-0.39, 0.29) is 12.5 Å². The molecule has 5 rings (SSSR count). The topological polar surface area (TPSA) is 81.4 Å². The Kier molecular flexibility index (Phi) is 6.00. The average Bonchev–Trinajstić information content (AvgIpc) is 3.46. The highest BCUT2D eigenvalue weighted by Crippen LogP contribution is 2.37. The number of hydrogen-bond acceptors (Lipinski definition) is 7. The third-order valence-corrected chi connectivity index (χ3v) is 6.69. The van der Waals surface area contributed by atoms with E-state index >= 15 is 0 Å². The fourth-order valence-electron chi connectivity index (χ4n) is 3.67. The lowest BCUT2D eigenvalue weighted by Crippen LogP contribution is -2.31. The molecule has 0 aliphatic carbocycles. The zero-order chi connectivity index (χ0) is 23.7. The second-order valence-corrected chi connectivity index (χ2v) is 8.87. The number of aromatic nitrogens is 3. The molecule has 0 aliphatic rings. The van der Waals surface area contributed by atoms with Gasteiger partial charge in [0.25, 0.3) is 5.91 Å². The molecule has 0 fully saturated rings. The lowest BCUT2D eigenvalue weighted by molar-refractivity contribution is 0.0984. The maximum absolute atomic E-state index is 14.1. The number of thiazole rings is 1. The van der Waals surface area contributed by atoms with Crippen molar-refractivity contribution in [2.75, 3.05) is 12.0 Å². The quantitative estimate of drug-likeness (QED) is 0.283. The summed E-state index contributed by atoms with van der Waals surface area (Å²) in [5.41, 5.74) is 2.74. The van der Waals surface area contributed by atoms with Crippen molar-refractivity contribution in [3.8, 4) is 17.0 Å². The fraction of sp³-hybridized carbons (Fsp3) is 0.120. The van der Waals surface area contributed by atoms with Crippen LogP contribution in [0.3, 0.4) is 0 Å². The first-order valence-corrected chi connectivity index (χ1v) is 11.6. The predicted molar refractivity (Wildman–Crippen MR) is 133 cm³/mol. The van der Waals surface area contributed by atoms with Gasteiger partial charge in [0.2, 0.25) is 0 Å². The molecule has 0 atom stereocenters. The van der Waals surface area contributed by atoms with Crippen molar-refractivity contribution < 1.29 is 14.1 Å². The zero-order valence-electron chi connectivity index (χ0n) is 18.4. The zero-order valence-corrected chi connectivity index (χ0v) is 19.9. The van der Waals surface area contributed by atoms with Crippen LogP contribution < -0.4 is 9.64 Å². The van der Waals surface area contributed by atoms with E-state index in [1.165, 1.54) is 11.3 Å². The van der Waals surface area contributed by atoms with Crippen LogP contribution in [0.25, 0.3) is 21.5 Å². The highest BCUT2D eigenvalue weighted by Gasteiger charge is 2.30. The molecule has 3 heterocycles. The molecule has 0 N–H and O–H groups in total. The third kappa shape index (κ3) is 4.02. The van der Waals surface area contributed by atoms with Crippen LogP contribution in [0.5, 0.6) is 5.75 Å². The summed E-state index contributed by atoms with van der Waals surface area (Å²) in [5.74, 6) is 0.727. The van der Waals surface area contributed by atoms with Crippen molar-refractivity contribution in [2.45, 2.75) is 13.5 Å².